The third-order valence-corrected chi connectivity index (χ3v) is 8.50. The van der Waals surface area contributed by atoms with E-state index in [2.05, 4.69) is 19.9 Å². The molecule has 0 amide bonds. The van der Waals surface area contributed by atoms with Crippen molar-refractivity contribution in [2.45, 2.75) is 65.3 Å². The van der Waals surface area contributed by atoms with Gasteiger partial charge in [-0.15, -0.1) is 0 Å². The first-order chi connectivity index (χ1) is 12.5. The molecule has 0 heterocycles. The lowest BCUT2D eigenvalue weighted by Gasteiger charge is -2.57. The van der Waals surface area contributed by atoms with E-state index in [1.54, 1.807) is 0 Å². The van der Waals surface area contributed by atoms with Crippen molar-refractivity contribution >= 4 is 11.6 Å². The van der Waals surface area contributed by atoms with E-state index in [1.165, 1.54) is 5.57 Å². The lowest BCUT2D eigenvalue weighted by Crippen LogP contribution is -2.53. The minimum atomic E-state index is -3.24. The Morgan fingerprint density at radius 1 is 1.11 bits per heavy atom. The van der Waals surface area contributed by atoms with E-state index < -0.39 is 17.7 Å². The Balaban J connectivity index is 1.66. The number of hydrogen-bond acceptors (Lipinski definition) is 5. The van der Waals surface area contributed by atoms with Gasteiger partial charge in [0.15, 0.2) is 5.78 Å². The Bertz CT molecular complexity index is 757. The number of rotatable bonds is 2. The Morgan fingerprint density at radius 2 is 1.81 bits per heavy atom. The average Bonchev–Trinajstić information content (AvgIpc) is 2.92. The zero-order chi connectivity index (χ0) is 19.8. The van der Waals surface area contributed by atoms with Crippen molar-refractivity contribution in [2.24, 2.45) is 34.5 Å². The van der Waals surface area contributed by atoms with Crippen molar-refractivity contribution in [3.63, 3.8) is 0 Å². The Labute approximate surface area is 160 Å². The summed E-state index contributed by atoms with van der Waals surface area (Å²) in [5, 5.41) is 28.3. The van der Waals surface area contributed by atoms with E-state index in [0.29, 0.717) is 24.2 Å². The fourth-order valence-corrected chi connectivity index (χ4v) is 7.15. The van der Waals surface area contributed by atoms with E-state index >= 15 is 0 Å². The predicted octanol–water partition coefficient (Wildman–Crippen LogP) is 2.50. The van der Waals surface area contributed by atoms with Crippen LogP contribution in [0, 0.1) is 34.5 Å². The molecular formula is C22H30O5. The second-order valence-electron chi connectivity index (χ2n) is 9.73. The number of carbonyl (C=O) groups is 2. The Hall–Kier alpha value is -1.30. The van der Waals surface area contributed by atoms with Crippen LogP contribution in [0.25, 0.3) is 0 Å². The second-order valence-corrected chi connectivity index (χ2v) is 9.73. The number of fused-ring (bicyclic) bond motifs is 5. The van der Waals surface area contributed by atoms with Crippen LogP contribution in [0.5, 0.6) is 0 Å². The summed E-state index contributed by atoms with van der Waals surface area (Å²) in [7, 11) is 0. The SMILES string of the molecule is CC1=C[C@@]2(C)C(=CC1=O)CC[C@H]1[C@@H]3CC[C@H](C(=O)C(O)(O)O)[C@@]3(C)CC[C@@H]12. The first kappa shape index (κ1) is 19.0. The summed E-state index contributed by atoms with van der Waals surface area (Å²) < 4.78 is 0. The van der Waals surface area contributed by atoms with Crippen LogP contribution in [0.2, 0.25) is 0 Å². The molecule has 5 heteroatoms. The van der Waals surface area contributed by atoms with E-state index in [9.17, 15) is 24.9 Å². The molecule has 3 fully saturated rings. The molecule has 4 aliphatic rings. The number of aliphatic hydroxyl groups is 3. The van der Waals surface area contributed by atoms with Crippen molar-refractivity contribution in [3.05, 3.63) is 23.3 Å². The van der Waals surface area contributed by atoms with E-state index in [4.69, 9.17) is 0 Å². The highest BCUT2D eigenvalue weighted by molar-refractivity contribution is 6.05. The third kappa shape index (κ3) is 2.62. The minimum Gasteiger partial charge on any atom is -0.337 e. The van der Waals surface area contributed by atoms with Crippen LogP contribution in [-0.4, -0.2) is 32.9 Å². The maximum atomic E-state index is 12.5. The quantitative estimate of drug-likeness (QED) is 0.646. The summed E-state index contributed by atoms with van der Waals surface area (Å²) in [6, 6.07) is 0. The normalized spacial score (nSPS) is 44.0. The van der Waals surface area contributed by atoms with Gasteiger partial charge in [0.25, 0.3) is 0 Å². The van der Waals surface area contributed by atoms with Crippen molar-refractivity contribution in [1.29, 1.82) is 0 Å². The first-order valence-electron chi connectivity index (χ1n) is 10.1. The lowest BCUT2D eigenvalue weighted by molar-refractivity contribution is -0.291. The zero-order valence-electron chi connectivity index (χ0n) is 16.4. The topological polar surface area (TPSA) is 94.8 Å². The van der Waals surface area contributed by atoms with Crippen LogP contribution in [0.3, 0.4) is 0 Å². The lowest BCUT2D eigenvalue weighted by atomic mass is 9.47. The highest BCUT2D eigenvalue weighted by atomic mass is 16.7. The van der Waals surface area contributed by atoms with Crippen LogP contribution < -0.4 is 0 Å². The first-order valence-corrected chi connectivity index (χ1v) is 10.1. The summed E-state index contributed by atoms with van der Waals surface area (Å²) in [6.07, 6.45) is 9.18. The van der Waals surface area contributed by atoms with Gasteiger partial charge in [-0.05, 0) is 80.3 Å². The second kappa shape index (κ2) is 5.85. The Kier molecular flexibility index (Phi) is 4.12. The van der Waals surface area contributed by atoms with Gasteiger partial charge in [-0.25, -0.2) is 0 Å². The molecule has 4 rings (SSSR count). The van der Waals surface area contributed by atoms with Crippen molar-refractivity contribution < 1.29 is 24.9 Å². The predicted molar refractivity (Wildman–Crippen MR) is 99.1 cm³/mol. The fraction of sp³-hybridized carbons (Fsp3) is 0.727. The van der Waals surface area contributed by atoms with Gasteiger partial charge in [0.05, 0.1) is 0 Å². The summed E-state index contributed by atoms with van der Waals surface area (Å²) in [5.41, 5.74) is 1.66. The van der Waals surface area contributed by atoms with E-state index in [0.717, 1.165) is 37.7 Å². The zero-order valence-corrected chi connectivity index (χ0v) is 16.4. The molecule has 27 heavy (non-hydrogen) atoms. The van der Waals surface area contributed by atoms with Crippen LogP contribution in [0.4, 0.5) is 0 Å². The molecule has 0 spiro atoms. The van der Waals surface area contributed by atoms with Gasteiger partial charge in [0.1, 0.15) is 0 Å². The molecule has 6 atom stereocenters. The molecule has 4 aliphatic carbocycles. The van der Waals surface area contributed by atoms with Gasteiger partial charge in [0, 0.05) is 11.3 Å². The molecule has 3 N–H and O–H groups in total. The third-order valence-electron chi connectivity index (χ3n) is 8.50. The van der Waals surface area contributed by atoms with Crippen molar-refractivity contribution in [3.8, 4) is 0 Å². The molecule has 0 radical (unpaired) electrons. The summed E-state index contributed by atoms with van der Waals surface area (Å²) in [5.74, 6) is -3.26. The van der Waals surface area contributed by atoms with Crippen molar-refractivity contribution in [1.82, 2.24) is 0 Å². The molecule has 0 saturated heterocycles. The average molecular weight is 374 g/mol. The number of hydrogen-bond donors (Lipinski definition) is 3. The molecule has 0 aromatic heterocycles. The van der Waals surface area contributed by atoms with Gasteiger partial charge < -0.3 is 15.3 Å². The van der Waals surface area contributed by atoms with Gasteiger partial charge in [0.2, 0.25) is 5.78 Å². The fourth-order valence-electron chi connectivity index (χ4n) is 7.15. The standard InChI is InChI=1S/C22H30O5/c1-12-11-21(3)13(10-18(12)23)4-5-14-15-6-7-17(19(24)22(25,26)27)20(15,2)9-8-16(14)21/h10-11,14-17,25-27H,4-9H2,1-3H3/t14-,15-,16-,17+,20-,21-/m0/s1. The molecule has 0 aromatic carbocycles. The monoisotopic (exact) mass is 374 g/mol. The molecule has 0 aromatic rings. The van der Waals surface area contributed by atoms with Crippen LogP contribution in [-0.2, 0) is 9.59 Å². The number of allylic oxidation sites excluding steroid dienone is 4. The van der Waals surface area contributed by atoms with Crippen LogP contribution in [0.15, 0.2) is 23.3 Å². The maximum absolute atomic E-state index is 12.5. The largest absolute Gasteiger partial charge is 0.339 e. The maximum Gasteiger partial charge on any atom is 0.339 e. The number of carbonyl (C=O) groups excluding carboxylic acids is 2. The van der Waals surface area contributed by atoms with Crippen LogP contribution in [0.1, 0.15) is 59.3 Å². The minimum absolute atomic E-state index is 0.0982. The van der Waals surface area contributed by atoms with Gasteiger partial charge in [-0.3, -0.25) is 9.59 Å². The van der Waals surface area contributed by atoms with Gasteiger partial charge in [-0.1, -0.05) is 25.5 Å². The molecule has 148 valence electrons. The van der Waals surface area contributed by atoms with E-state index in [1.807, 2.05) is 13.0 Å². The van der Waals surface area contributed by atoms with Crippen molar-refractivity contribution in [2.75, 3.05) is 0 Å². The number of Topliss-reactive ketones (excluding diaryl/α,β-unsaturated/α-hetero) is 1. The molecule has 5 nitrogen and oxygen atoms in total. The highest BCUT2D eigenvalue weighted by Crippen LogP contribution is 2.66. The smallest absolute Gasteiger partial charge is 0.337 e. The summed E-state index contributed by atoms with van der Waals surface area (Å²) in [4.78, 5) is 24.6. The highest BCUT2D eigenvalue weighted by Gasteiger charge is 2.61. The van der Waals surface area contributed by atoms with E-state index in [-0.39, 0.29) is 16.6 Å². The summed E-state index contributed by atoms with van der Waals surface area (Å²) >= 11 is 0. The van der Waals surface area contributed by atoms with Gasteiger partial charge in [-0.2, -0.15) is 0 Å². The van der Waals surface area contributed by atoms with Gasteiger partial charge >= 0.3 is 5.97 Å². The molecular weight excluding hydrogens is 344 g/mol. The molecule has 0 bridgehead atoms. The number of ketones is 2. The molecule has 0 aliphatic heterocycles. The molecule has 0 unspecified atom stereocenters. The molecule has 3 saturated carbocycles. The Morgan fingerprint density at radius 3 is 2.48 bits per heavy atom. The van der Waals surface area contributed by atoms with Crippen LogP contribution >= 0.6 is 0 Å². The summed E-state index contributed by atoms with van der Waals surface area (Å²) in [6.45, 7) is 6.24.